The molecule has 3 aliphatic heterocycles. The average Bonchev–Trinajstić information content (AvgIpc) is 3.44. The molecule has 5 aliphatic carbocycles. The molecule has 0 aromatic rings. The fourth-order valence-electron chi connectivity index (χ4n) is 16.2. The van der Waals surface area contributed by atoms with Gasteiger partial charge < -0.3 is 93.7 Å². The van der Waals surface area contributed by atoms with Crippen molar-refractivity contribution in [3.8, 4) is 0 Å². The molecule has 3 heterocycles. The van der Waals surface area contributed by atoms with E-state index in [0.29, 0.717) is 49.7 Å². The summed E-state index contributed by atoms with van der Waals surface area (Å²) in [7, 11) is 1.08. The summed E-state index contributed by atoms with van der Waals surface area (Å²) in [5.74, 6) is -2.76. The zero-order chi connectivity index (χ0) is 59.1. The maximum atomic E-state index is 13.8. The van der Waals surface area contributed by atoms with Crippen molar-refractivity contribution < 1.29 is 108 Å². The number of carbonyl (C=O) groups is 3. The van der Waals surface area contributed by atoms with Crippen molar-refractivity contribution in [2.24, 2.45) is 50.2 Å². The van der Waals surface area contributed by atoms with Gasteiger partial charge in [0.1, 0.15) is 67.1 Å². The third-order valence-electron chi connectivity index (χ3n) is 21.4. The quantitative estimate of drug-likeness (QED) is 0.0409. The predicted molar refractivity (Wildman–Crippen MR) is 280 cm³/mol. The molecule has 0 bridgehead atoms. The lowest BCUT2D eigenvalue weighted by atomic mass is 9.33. The summed E-state index contributed by atoms with van der Waals surface area (Å²) in [6.45, 7) is 19.8. The minimum Gasteiger partial charge on any atom is -0.467 e. The van der Waals surface area contributed by atoms with Crippen LogP contribution in [0.1, 0.15) is 121 Å². The Labute approximate surface area is 468 Å². The first-order chi connectivity index (χ1) is 37.4. The molecule has 8 aliphatic rings. The fourth-order valence-corrected chi connectivity index (χ4v) is 16.2. The highest BCUT2D eigenvalue weighted by molar-refractivity contribution is 5.89. The Kier molecular flexibility index (Phi) is 18.2. The van der Waals surface area contributed by atoms with Crippen molar-refractivity contribution in [3.63, 3.8) is 0 Å². The van der Waals surface area contributed by atoms with E-state index in [1.807, 2.05) is 13.8 Å². The second-order valence-electron chi connectivity index (χ2n) is 26.2. The van der Waals surface area contributed by atoms with Gasteiger partial charge in [0.2, 0.25) is 0 Å². The normalized spacial score (nSPS) is 48.2. The van der Waals surface area contributed by atoms with E-state index in [0.717, 1.165) is 12.7 Å². The number of ether oxygens (including phenoxy) is 9. The largest absolute Gasteiger partial charge is 0.467 e. The molecule has 454 valence electrons. The van der Waals surface area contributed by atoms with Crippen LogP contribution in [0.25, 0.3) is 0 Å². The third kappa shape index (κ3) is 10.2. The van der Waals surface area contributed by atoms with E-state index in [2.05, 4.69) is 40.7 Å². The van der Waals surface area contributed by atoms with Crippen LogP contribution in [-0.2, 0) is 57.0 Å². The van der Waals surface area contributed by atoms with Crippen LogP contribution in [0.4, 0.5) is 0 Å². The standard InChI is InChI=1S/C58H90O22/c1-13-26(3)47(69)79-45-46(80-48(70)27(4)14-2)58(25-60)29(21-53(45,5)6)28-15-16-33-55(9)19-18-35(54(7,8)32(55)17-20-56(33,10)57(28,11)22-34(58)62)75-52-44(78-51-40(67)38(65)37(64)31(23-59)74-51)42(41(68)43(77-52)49(71)72-12)76-50-39(66)36(63)30(61)24-73-50/h13-15,29-46,50-52,59-68H,16-25H2,1-12H3/b26-13+,27-14-/t29-,30+,31+,32-,33+,34+,35-,36-,37-,38-,39+,40+,41-,42-,43-,44+,45-,46-,50-,51-,52+,55-,56+,57+,58-/m0/s1. The first-order valence-electron chi connectivity index (χ1n) is 28.4. The number of methoxy groups -OCH3 is 1. The Balaban J connectivity index is 1.13. The van der Waals surface area contributed by atoms with Crippen LogP contribution >= 0.6 is 0 Å². The van der Waals surface area contributed by atoms with E-state index in [-0.39, 0.29) is 23.7 Å². The number of allylic oxidation sites excluding steroid dienone is 4. The fraction of sp³-hybridized carbons (Fsp3) is 0.845. The first-order valence-corrected chi connectivity index (χ1v) is 28.4. The van der Waals surface area contributed by atoms with Crippen LogP contribution in [0.15, 0.2) is 34.9 Å². The van der Waals surface area contributed by atoms with Gasteiger partial charge in [-0.25, -0.2) is 14.4 Å². The van der Waals surface area contributed by atoms with Gasteiger partial charge in [-0.05, 0) is 112 Å². The van der Waals surface area contributed by atoms with Gasteiger partial charge in [-0.1, -0.05) is 72.3 Å². The highest BCUT2D eigenvalue weighted by atomic mass is 16.8. The minimum absolute atomic E-state index is 0.0391. The number of esters is 3. The molecular formula is C58H90O22. The summed E-state index contributed by atoms with van der Waals surface area (Å²) in [5, 5.41) is 111. The second kappa shape index (κ2) is 23.1. The Bertz CT molecular complexity index is 2370. The lowest BCUT2D eigenvalue weighted by Crippen LogP contribution is -2.72. The van der Waals surface area contributed by atoms with Gasteiger partial charge in [0, 0.05) is 16.6 Å². The third-order valence-corrected chi connectivity index (χ3v) is 21.4. The molecule has 7 fully saturated rings. The SMILES string of the molecule is C/C=C(/C)C(=O)O[C@H]1[C@H](OC(=O)/C(C)=C/C)C(C)(C)C[C@H]2C3=CC[C@@H]4[C@@]5(C)CC[C@H](O[C@@H]6O[C@H](C(=O)OC)[C@@H](O)[C@H](O[C@@H]7OC[C@@H](O)[C@H](O)[C@H]7O)[C@H]6O[C@@H]6O[C@H](CO)[C@H](O)[C@H](O)[C@H]6O)C(C)(C)[C@@H]5CC[C@@]4(C)[C@]3(C)C[C@@H](O)[C@]21CO. The van der Waals surface area contributed by atoms with Crippen molar-refractivity contribution in [2.75, 3.05) is 26.9 Å². The van der Waals surface area contributed by atoms with Crippen LogP contribution < -0.4 is 0 Å². The van der Waals surface area contributed by atoms with E-state index in [9.17, 15) is 65.4 Å². The van der Waals surface area contributed by atoms with Crippen molar-refractivity contribution in [3.05, 3.63) is 34.9 Å². The molecule has 0 unspecified atom stereocenters. The van der Waals surface area contributed by atoms with E-state index in [1.54, 1.807) is 39.8 Å². The van der Waals surface area contributed by atoms with E-state index in [1.165, 1.54) is 0 Å². The lowest BCUT2D eigenvalue weighted by molar-refractivity contribution is -0.392. The smallest absolute Gasteiger partial charge is 0.337 e. The van der Waals surface area contributed by atoms with Gasteiger partial charge in [-0.15, -0.1) is 0 Å². The molecule has 22 nitrogen and oxygen atoms in total. The summed E-state index contributed by atoms with van der Waals surface area (Å²) in [4.78, 5) is 40.9. The molecule has 25 atom stereocenters. The van der Waals surface area contributed by atoms with Crippen LogP contribution in [0.3, 0.4) is 0 Å². The number of aliphatic hydroxyl groups excluding tert-OH is 10. The number of hydrogen-bond acceptors (Lipinski definition) is 22. The Morgan fingerprint density at radius 3 is 1.90 bits per heavy atom. The molecule has 0 radical (unpaired) electrons. The topological polar surface area (TPSA) is 337 Å². The van der Waals surface area contributed by atoms with Crippen LogP contribution in [0.2, 0.25) is 0 Å². The Morgan fingerprint density at radius 2 is 1.30 bits per heavy atom. The Morgan fingerprint density at radius 1 is 0.688 bits per heavy atom. The van der Waals surface area contributed by atoms with Gasteiger partial charge in [0.15, 0.2) is 31.1 Å². The molecule has 0 amide bonds. The summed E-state index contributed by atoms with van der Waals surface area (Å²) >= 11 is 0. The van der Waals surface area contributed by atoms with Gasteiger partial charge in [0.25, 0.3) is 0 Å². The number of carbonyl (C=O) groups excluding carboxylic acids is 3. The van der Waals surface area contributed by atoms with E-state index in [4.69, 9.17) is 42.6 Å². The van der Waals surface area contributed by atoms with Crippen LogP contribution in [0, 0.1) is 50.2 Å². The van der Waals surface area contributed by atoms with Crippen molar-refractivity contribution in [1.82, 2.24) is 0 Å². The van der Waals surface area contributed by atoms with Gasteiger partial charge in [0.05, 0.1) is 44.6 Å². The maximum absolute atomic E-state index is 13.8. The second-order valence-corrected chi connectivity index (χ2v) is 26.2. The molecule has 22 heteroatoms. The van der Waals surface area contributed by atoms with Crippen molar-refractivity contribution in [2.45, 2.75) is 232 Å². The van der Waals surface area contributed by atoms with Crippen LogP contribution in [-0.4, -0.2) is 206 Å². The molecule has 0 spiro atoms. The van der Waals surface area contributed by atoms with Crippen molar-refractivity contribution in [1.29, 1.82) is 0 Å². The molecule has 8 rings (SSSR count). The summed E-state index contributed by atoms with van der Waals surface area (Å²) in [6, 6.07) is 0. The molecule has 10 N–H and O–H groups in total. The summed E-state index contributed by atoms with van der Waals surface area (Å²) in [6.07, 6.45) is -19.6. The molecular weight excluding hydrogens is 1050 g/mol. The first kappa shape index (κ1) is 63.0. The lowest BCUT2D eigenvalue weighted by Gasteiger charge is -2.72. The molecule has 0 aromatic heterocycles. The van der Waals surface area contributed by atoms with Crippen molar-refractivity contribution >= 4 is 17.9 Å². The molecule has 3 saturated heterocycles. The monoisotopic (exact) mass is 1140 g/mol. The van der Waals surface area contributed by atoms with E-state index >= 15 is 0 Å². The summed E-state index contributed by atoms with van der Waals surface area (Å²) in [5.41, 5.74) is -2.60. The molecule has 0 aromatic carbocycles. The maximum Gasteiger partial charge on any atom is 0.337 e. The highest BCUT2D eigenvalue weighted by Crippen LogP contribution is 2.76. The zero-order valence-electron chi connectivity index (χ0n) is 48.3. The zero-order valence-corrected chi connectivity index (χ0v) is 48.3. The minimum atomic E-state index is -1.98. The number of rotatable bonds is 13. The van der Waals surface area contributed by atoms with Gasteiger partial charge in [-0.2, -0.15) is 0 Å². The number of aliphatic hydroxyl groups is 10. The van der Waals surface area contributed by atoms with Gasteiger partial charge >= 0.3 is 17.9 Å². The molecule has 80 heavy (non-hydrogen) atoms. The average molecular weight is 1140 g/mol. The summed E-state index contributed by atoms with van der Waals surface area (Å²) < 4.78 is 54.8. The number of hydrogen-bond donors (Lipinski definition) is 10. The van der Waals surface area contributed by atoms with Gasteiger partial charge in [-0.3, -0.25) is 0 Å². The van der Waals surface area contributed by atoms with Crippen LogP contribution in [0.5, 0.6) is 0 Å². The Hall–Kier alpha value is -3.01. The highest BCUT2D eigenvalue weighted by Gasteiger charge is 2.74. The number of fused-ring (bicyclic) bond motifs is 7. The predicted octanol–water partition coefficient (Wildman–Crippen LogP) is 1.38. The molecule has 4 saturated carbocycles. The van der Waals surface area contributed by atoms with E-state index < -0.39 is 181 Å².